The van der Waals surface area contributed by atoms with Gasteiger partial charge >= 0.3 is 6.03 Å². The zero-order valence-electron chi connectivity index (χ0n) is 11.3. The van der Waals surface area contributed by atoms with E-state index < -0.39 is 6.03 Å². The van der Waals surface area contributed by atoms with Crippen LogP contribution in [-0.4, -0.2) is 15.7 Å². The first-order valence-corrected chi connectivity index (χ1v) is 7.23. The fourth-order valence-corrected chi connectivity index (χ4v) is 2.21. The summed E-state index contributed by atoms with van der Waals surface area (Å²) in [5.74, 6) is 0. The number of para-hydroxylation sites is 1. The van der Waals surface area contributed by atoms with Crippen LogP contribution in [0.2, 0.25) is 0 Å². The van der Waals surface area contributed by atoms with Crippen molar-refractivity contribution in [1.29, 1.82) is 0 Å². The number of nitrogens with one attached hydrogen (secondary N) is 2. The molecule has 0 atom stereocenters. The first-order chi connectivity index (χ1) is 10.6. The van der Waals surface area contributed by atoms with Gasteiger partial charge in [0, 0.05) is 10.2 Å². The summed E-state index contributed by atoms with van der Waals surface area (Å²) in [6.45, 7) is 0. The molecule has 0 saturated heterocycles. The van der Waals surface area contributed by atoms with Crippen molar-refractivity contribution in [3.8, 4) is 0 Å². The van der Waals surface area contributed by atoms with Crippen LogP contribution in [0.5, 0.6) is 0 Å². The van der Waals surface area contributed by atoms with Gasteiger partial charge in [-0.25, -0.2) is 19.9 Å². The van der Waals surface area contributed by atoms with Gasteiger partial charge in [-0.1, -0.05) is 28.1 Å². The fourth-order valence-electron chi connectivity index (χ4n) is 1.95. The van der Waals surface area contributed by atoms with Crippen molar-refractivity contribution in [1.82, 2.24) is 9.66 Å². The molecule has 0 aliphatic carbocycles. The van der Waals surface area contributed by atoms with Crippen molar-refractivity contribution in [2.24, 2.45) is 0 Å². The van der Waals surface area contributed by atoms with Crippen LogP contribution < -0.4 is 16.3 Å². The highest BCUT2D eigenvalue weighted by Gasteiger charge is 2.06. The summed E-state index contributed by atoms with van der Waals surface area (Å²) < 4.78 is 1.96. The number of hydrogen-bond acceptors (Lipinski definition) is 3. The predicted molar refractivity (Wildman–Crippen MR) is 88.5 cm³/mol. The zero-order valence-corrected chi connectivity index (χ0v) is 12.9. The maximum Gasteiger partial charge on any atom is 0.338 e. The minimum atomic E-state index is -0.526. The predicted octanol–water partition coefficient (Wildman–Crippen LogP) is 2.93. The molecule has 0 bridgehead atoms. The Morgan fingerprint density at radius 2 is 1.82 bits per heavy atom. The van der Waals surface area contributed by atoms with Crippen molar-refractivity contribution in [3.63, 3.8) is 0 Å². The number of hydrogen-bond donors (Lipinski definition) is 2. The van der Waals surface area contributed by atoms with Gasteiger partial charge in [-0.3, -0.25) is 4.79 Å². The molecule has 1 aromatic heterocycles. The third-order valence-electron chi connectivity index (χ3n) is 2.99. The molecule has 2 amide bonds. The molecule has 7 heteroatoms. The van der Waals surface area contributed by atoms with Gasteiger partial charge < -0.3 is 5.32 Å². The van der Waals surface area contributed by atoms with Gasteiger partial charge in [0.2, 0.25) is 0 Å². The summed E-state index contributed by atoms with van der Waals surface area (Å²) in [5, 5.41) is 3.07. The number of anilines is 1. The highest BCUT2D eigenvalue weighted by molar-refractivity contribution is 9.10. The summed E-state index contributed by atoms with van der Waals surface area (Å²) in [5.41, 5.74) is 3.30. The largest absolute Gasteiger partial charge is 0.338 e. The van der Waals surface area contributed by atoms with Gasteiger partial charge in [-0.15, -0.1) is 0 Å². The summed E-state index contributed by atoms with van der Waals surface area (Å²) >= 11 is 3.32. The van der Waals surface area contributed by atoms with Crippen LogP contribution >= 0.6 is 15.9 Å². The Labute approximate surface area is 133 Å². The minimum Gasteiger partial charge on any atom is -0.307 e. The number of nitrogens with zero attached hydrogens (tertiary/aromatic N) is 2. The molecule has 0 aliphatic heterocycles. The van der Waals surface area contributed by atoms with Crippen LogP contribution in [0.25, 0.3) is 10.9 Å². The van der Waals surface area contributed by atoms with Crippen LogP contribution in [0.3, 0.4) is 0 Å². The quantitative estimate of drug-likeness (QED) is 0.739. The van der Waals surface area contributed by atoms with Gasteiger partial charge in [0.1, 0.15) is 6.33 Å². The third-order valence-corrected chi connectivity index (χ3v) is 3.52. The summed E-state index contributed by atoms with van der Waals surface area (Å²) in [7, 11) is 0. The third kappa shape index (κ3) is 2.99. The molecule has 0 unspecified atom stereocenters. The maximum atomic E-state index is 12.2. The Morgan fingerprint density at radius 3 is 2.59 bits per heavy atom. The molecule has 2 aromatic carbocycles. The van der Waals surface area contributed by atoms with Crippen LogP contribution in [0.15, 0.2) is 64.1 Å². The lowest BCUT2D eigenvalue weighted by Gasteiger charge is -2.10. The molecule has 0 aliphatic rings. The molecule has 2 N–H and O–H groups in total. The molecule has 3 aromatic rings. The first kappa shape index (κ1) is 14.3. The molecule has 0 saturated carbocycles. The van der Waals surface area contributed by atoms with Crippen LogP contribution in [0.1, 0.15) is 0 Å². The van der Waals surface area contributed by atoms with E-state index in [-0.39, 0.29) is 5.56 Å². The van der Waals surface area contributed by atoms with Crippen LogP contribution in [0, 0.1) is 0 Å². The molecule has 0 radical (unpaired) electrons. The second kappa shape index (κ2) is 5.98. The van der Waals surface area contributed by atoms with Crippen molar-refractivity contribution < 1.29 is 4.79 Å². The van der Waals surface area contributed by atoms with E-state index in [1.54, 1.807) is 48.5 Å². The lowest BCUT2D eigenvalue weighted by Crippen LogP contribution is -2.35. The molecule has 6 nitrogen and oxygen atoms in total. The van der Waals surface area contributed by atoms with Crippen molar-refractivity contribution >= 4 is 38.6 Å². The SMILES string of the molecule is O=C(Nc1ccc(Br)cc1)Nn1cnc2ccccc2c1=O. The van der Waals surface area contributed by atoms with Gasteiger partial charge in [-0.2, -0.15) is 0 Å². The molecule has 110 valence electrons. The standard InChI is InChI=1S/C15H11BrN4O2/c16-10-5-7-11(8-6-10)18-15(22)19-20-9-17-13-4-2-1-3-12(13)14(20)21/h1-9H,(H2,18,19,22). The van der Waals surface area contributed by atoms with E-state index in [4.69, 9.17) is 0 Å². The van der Waals surface area contributed by atoms with E-state index >= 15 is 0 Å². The van der Waals surface area contributed by atoms with E-state index in [0.29, 0.717) is 16.6 Å². The zero-order chi connectivity index (χ0) is 15.5. The highest BCUT2D eigenvalue weighted by Crippen LogP contribution is 2.13. The topological polar surface area (TPSA) is 76.0 Å². The molecule has 1 heterocycles. The number of aromatic nitrogens is 2. The van der Waals surface area contributed by atoms with Gasteiger partial charge in [0.05, 0.1) is 10.9 Å². The van der Waals surface area contributed by atoms with Crippen molar-refractivity contribution in [3.05, 3.63) is 69.7 Å². The average Bonchev–Trinajstić information content (AvgIpc) is 2.53. The van der Waals surface area contributed by atoms with E-state index in [9.17, 15) is 9.59 Å². The number of amides is 2. The summed E-state index contributed by atoms with van der Waals surface area (Å²) in [6.07, 6.45) is 1.28. The molecule has 3 rings (SSSR count). The lowest BCUT2D eigenvalue weighted by atomic mass is 10.2. The first-order valence-electron chi connectivity index (χ1n) is 6.43. The summed E-state index contributed by atoms with van der Waals surface area (Å²) in [4.78, 5) is 28.3. The average molecular weight is 359 g/mol. The van der Waals surface area contributed by atoms with Gasteiger partial charge in [0.15, 0.2) is 0 Å². The molecule has 22 heavy (non-hydrogen) atoms. The Morgan fingerprint density at radius 1 is 1.09 bits per heavy atom. The van der Waals surface area contributed by atoms with E-state index in [0.717, 1.165) is 9.15 Å². The second-order valence-corrected chi connectivity index (χ2v) is 5.43. The summed E-state index contributed by atoms with van der Waals surface area (Å²) in [6, 6.07) is 13.5. The van der Waals surface area contributed by atoms with Crippen molar-refractivity contribution in [2.75, 3.05) is 10.7 Å². The number of benzene rings is 2. The monoisotopic (exact) mass is 358 g/mol. The normalized spacial score (nSPS) is 10.4. The van der Waals surface area contributed by atoms with Gasteiger partial charge in [-0.05, 0) is 36.4 Å². The van der Waals surface area contributed by atoms with E-state index in [1.165, 1.54) is 6.33 Å². The molecule has 0 fully saturated rings. The Bertz CT molecular complexity index is 890. The van der Waals surface area contributed by atoms with Crippen LogP contribution in [0.4, 0.5) is 10.5 Å². The Hall–Kier alpha value is -2.67. The smallest absolute Gasteiger partial charge is 0.307 e. The number of carbonyl (C=O) groups excluding carboxylic acids is 1. The number of fused-ring (bicyclic) bond motifs is 1. The fraction of sp³-hybridized carbons (Fsp3) is 0. The molecule has 0 spiro atoms. The molecular formula is C15H11BrN4O2. The number of rotatable bonds is 2. The number of halogens is 1. The Kier molecular flexibility index (Phi) is 3.88. The maximum absolute atomic E-state index is 12.2. The second-order valence-electron chi connectivity index (χ2n) is 4.51. The van der Waals surface area contributed by atoms with Crippen LogP contribution in [-0.2, 0) is 0 Å². The molecular weight excluding hydrogens is 348 g/mol. The van der Waals surface area contributed by atoms with Crippen molar-refractivity contribution in [2.45, 2.75) is 0 Å². The Balaban J connectivity index is 1.81. The van der Waals surface area contributed by atoms with E-state index in [2.05, 4.69) is 31.7 Å². The van der Waals surface area contributed by atoms with Gasteiger partial charge in [0.25, 0.3) is 5.56 Å². The van der Waals surface area contributed by atoms with E-state index in [1.807, 2.05) is 0 Å². The minimum absolute atomic E-state index is 0.337. The number of urea groups is 1. The lowest BCUT2D eigenvalue weighted by molar-refractivity contribution is 0.259. The highest BCUT2D eigenvalue weighted by atomic mass is 79.9. The number of carbonyl (C=O) groups is 1.